The van der Waals surface area contributed by atoms with Gasteiger partial charge in [-0.2, -0.15) is 0 Å². The van der Waals surface area contributed by atoms with Crippen LogP contribution in [0.15, 0.2) is 30.9 Å². The number of carbonyl (C=O) groups excluding carboxylic acids is 1. The van der Waals surface area contributed by atoms with Crippen molar-refractivity contribution in [3.63, 3.8) is 0 Å². The molecule has 1 aromatic rings. The maximum atomic E-state index is 12.5. The zero-order valence-corrected chi connectivity index (χ0v) is 16.8. The van der Waals surface area contributed by atoms with Crippen molar-refractivity contribution in [3.8, 4) is 5.75 Å². The van der Waals surface area contributed by atoms with E-state index in [2.05, 4.69) is 36.6 Å². The highest BCUT2D eigenvalue weighted by Crippen LogP contribution is 2.63. The Morgan fingerprint density at radius 2 is 2.12 bits per heavy atom. The fourth-order valence-electron chi connectivity index (χ4n) is 5.92. The quantitative estimate of drug-likeness (QED) is 0.746. The zero-order chi connectivity index (χ0) is 18.9. The van der Waals surface area contributed by atoms with Crippen LogP contribution in [0.2, 0.25) is 0 Å². The highest BCUT2D eigenvalue weighted by atomic mass is 16.5. The Balaban J connectivity index is 0.000000948. The second kappa shape index (κ2) is 7.19. The van der Waals surface area contributed by atoms with Gasteiger partial charge in [0.15, 0.2) is 0 Å². The summed E-state index contributed by atoms with van der Waals surface area (Å²) in [5, 5.41) is 0. The van der Waals surface area contributed by atoms with Crippen molar-refractivity contribution in [2.24, 2.45) is 5.41 Å². The van der Waals surface area contributed by atoms with E-state index in [4.69, 9.17) is 4.74 Å². The maximum Gasteiger partial charge on any atom is 0.133 e. The number of ether oxygens (including phenoxy) is 1. The van der Waals surface area contributed by atoms with Gasteiger partial charge in [-0.05, 0) is 42.9 Å². The molecule has 0 radical (unpaired) electrons. The lowest BCUT2D eigenvalue weighted by molar-refractivity contribution is -0.136. The highest BCUT2D eigenvalue weighted by Gasteiger charge is 2.63. The minimum atomic E-state index is -0.0646. The first-order chi connectivity index (χ1) is 12.6. The number of ketones is 1. The van der Waals surface area contributed by atoms with Crippen molar-refractivity contribution < 1.29 is 9.53 Å². The molecule has 1 saturated heterocycles. The van der Waals surface area contributed by atoms with Crippen molar-refractivity contribution in [1.82, 2.24) is 4.90 Å². The van der Waals surface area contributed by atoms with Gasteiger partial charge in [0, 0.05) is 36.4 Å². The average Bonchev–Trinajstić information content (AvgIpc) is 2.65. The molecule has 2 bridgehead atoms. The van der Waals surface area contributed by atoms with Crippen LogP contribution in [-0.2, 0) is 16.6 Å². The van der Waals surface area contributed by atoms with Gasteiger partial charge in [0.05, 0.1) is 7.11 Å². The van der Waals surface area contributed by atoms with E-state index in [0.717, 1.165) is 44.5 Å². The first-order valence-corrected chi connectivity index (χ1v) is 10.1. The molecule has 0 aromatic heterocycles. The SMILES string of the molecule is C=CCN1CC[C@]23CC(=O)CC[C@@]2(C)[C@H]1Cc1cccc(OC)c13.CC. The van der Waals surface area contributed by atoms with Gasteiger partial charge in [-0.25, -0.2) is 0 Å². The summed E-state index contributed by atoms with van der Waals surface area (Å²) >= 11 is 0. The number of methoxy groups -OCH3 is 1. The Morgan fingerprint density at radius 1 is 1.35 bits per heavy atom. The van der Waals surface area contributed by atoms with Crippen LogP contribution in [0.25, 0.3) is 0 Å². The molecular formula is C23H33NO2. The van der Waals surface area contributed by atoms with Crippen molar-refractivity contribution >= 4 is 5.78 Å². The van der Waals surface area contributed by atoms with Gasteiger partial charge in [-0.1, -0.05) is 39.0 Å². The Hall–Kier alpha value is -1.61. The zero-order valence-electron chi connectivity index (χ0n) is 16.8. The Kier molecular flexibility index (Phi) is 5.30. The fourth-order valence-corrected chi connectivity index (χ4v) is 5.92. The number of carbonyl (C=O) groups is 1. The standard InChI is InChI=1S/C21H27NO2.C2H6/c1-4-11-22-12-10-21-14-16(23)8-9-20(21,2)18(22)13-15-6-5-7-17(24-3)19(15)21;1-2/h4-7,18H,1,8-14H2,2-3H3;1-2H3/t18-,20+,21-;/m1./s1. The number of hydrogen-bond acceptors (Lipinski definition) is 3. The summed E-state index contributed by atoms with van der Waals surface area (Å²) in [4.78, 5) is 15.1. The summed E-state index contributed by atoms with van der Waals surface area (Å²) in [6.45, 7) is 12.4. The molecule has 26 heavy (non-hydrogen) atoms. The summed E-state index contributed by atoms with van der Waals surface area (Å²) < 4.78 is 5.76. The molecule has 4 rings (SSSR count). The molecule has 3 heteroatoms. The minimum Gasteiger partial charge on any atom is -0.496 e. The first kappa shape index (κ1) is 19.2. The molecule has 0 spiro atoms. The predicted octanol–water partition coefficient (Wildman–Crippen LogP) is 4.53. The molecular weight excluding hydrogens is 322 g/mol. The minimum absolute atomic E-state index is 0.0646. The Labute approximate surface area is 158 Å². The third kappa shape index (κ3) is 2.55. The molecule has 142 valence electrons. The lowest BCUT2D eigenvalue weighted by Gasteiger charge is -2.65. The van der Waals surface area contributed by atoms with E-state index < -0.39 is 0 Å². The van der Waals surface area contributed by atoms with Gasteiger partial charge < -0.3 is 4.74 Å². The summed E-state index contributed by atoms with van der Waals surface area (Å²) in [6.07, 6.45) is 6.49. The van der Waals surface area contributed by atoms with Gasteiger partial charge in [-0.15, -0.1) is 6.58 Å². The number of piperidine rings is 1. The molecule has 0 unspecified atom stereocenters. The molecule has 1 saturated carbocycles. The number of Topliss-reactive ketones (excluding diaryl/α,β-unsaturated/α-hetero) is 1. The molecule has 1 heterocycles. The van der Waals surface area contributed by atoms with E-state index in [1.165, 1.54) is 11.1 Å². The third-order valence-corrected chi connectivity index (χ3v) is 7.11. The smallest absolute Gasteiger partial charge is 0.133 e. The molecule has 3 atom stereocenters. The molecule has 3 aliphatic rings. The van der Waals surface area contributed by atoms with E-state index in [-0.39, 0.29) is 10.8 Å². The molecule has 0 amide bonds. The van der Waals surface area contributed by atoms with Crippen molar-refractivity contribution in [2.45, 2.75) is 64.3 Å². The molecule has 1 aliphatic heterocycles. The van der Waals surface area contributed by atoms with Crippen LogP contribution in [-0.4, -0.2) is 36.9 Å². The molecule has 2 aliphatic carbocycles. The second-order valence-corrected chi connectivity index (χ2v) is 7.96. The van der Waals surface area contributed by atoms with E-state index in [0.29, 0.717) is 18.2 Å². The van der Waals surface area contributed by atoms with Crippen LogP contribution in [0.3, 0.4) is 0 Å². The van der Waals surface area contributed by atoms with Crippen LogP contribution >= 0.6 is 0 Å². The van der Waals surface area contributed by atoms with Crippen molar-refractivity contribution in [3.05, 3.63) is 42.0 Å². The predicted molar refractivity (Wildman–Crippen MR) is 107 cm³/mol. The monoisotopic (exact) mass is 355 g/mol. The Morgan fingerprint density at radius 3 is 2.81 bits per heavy atom. The van der Waals surface area contributed by atoms with Crippen LogP contribution in [0, 0.1) is 5.41 Å². The topological polar surface area (TPSA) is 29.5 Å². The summed E-state index contributed by atoms with van der Waals surface area (Å²) in [5.74, 6) is 1.39. The van der Waals surface area contributed by atoms with Crippen LogP contribution in [0.5, 0.6) is 5.75 Å². The van der Waals surface area contributed by atoms with E-state index >= 15 is 0 Å². The van der Waals surface area contributed by atoms with Crippen molar-refractivity contribution in [2.75, 3.05) is 20.2 Å². The van der Waals surface area contributed by atoms with E-state index in [1.807, 2.05) is 19.9 Å². The van der Waals surface area contributed by atoms with Crippen LogP contribution < -0.4 is 4.74 Å². The highest BCUT2D eigenvalue weighted by molar-refractivity contribution is 5.82. The van der Waals surface area contributed by atoms with Crippen LogP contribution in [0.1, 0.15) is 57.6 Å². The molecule has 3 nitrogen and oxygen atoms in total. The molecule has 0 N–H and O–H groups in total. The summed E-state index contributed by atoms with van der Waals surface area (Å²) in [6, 6.07) is 6.89. The number of fused-ring (bicyclic) bond motifs is 1. The number of hydrogen-bond donors (Lipinski definition) is 0. The number of likely N-dealkylation sites (tertiary alicyclic amines) is 1. The van der Waals surface area contributed by atoms with Gasteiger partial charge in [0.25, 0.3) is 0 Å². The summed E-state index contributed by atoms with van der Waals surface area (Å²) in [7, 11) is 1.76. The average molecular weight is 356 g/mol. The second-order valence-electron chi connectivity index (χ2n) is 7.96. The van der Waals surface area contributed by atoms with Gasteiger partial charge in [-0.3, -0.25) is 9.69 Å². The molecule has 2 fully saturated rings. The summed E-state index contributed by atoms with van der Waals surface area (Å²) in [5.41, 5.74) is 2.77. The normalized spacial score (nSPS) is 32.6. The van der Waals surface area contributed by atoms with Gasteiger partial charge in [0.2, 0.25) is 0 Å². The van der Waals surface area contributed by atoms with Crippen LogP contribution in [0.4, 0.5) is 0 Å². The van der Waals surface area contributed by atoms with Gasteiger partial charge >= 0.3 is 0 Å². The maximum absolute atomic E-state index is 12.5. The Bertz CT molecular complexity index is 697. The fraction of sp³-hybridized carbons (Fsp3) is 0.609. The van der Waals surface area contributed by atoms with Crippen molar-refractivity contribution in [1.29, 1.82) is 0 Å². The van der Waals surface area contributed by atoms with Gasteiger partial charge in [0.1, 0.15) is 11.5 Å². The number of rotatable bonds is 3. The lowest BCUT2D eigenvalue weighted by Crippen LogP contribution is -2.67. The van der Waals surface area contributed by atoms with E-state index in [9.17, 15) is 4.79 Å². The lowest BCUT2D eigenvalue weighted by atomic mass is 9.44. The molecule has 1 aromatic carbocycles. The number of nitrogens with zero attached hydrogens (tertiary/aromatic N) is 1. The first-order valence-electron chi connectivity index (χ1n) is 10.1. The number of benzene rings is 1. The largest absolute Gasteiger partial charge is 0.496 e. The van der Waals surface area contributed by atoms with E-state index in [1.54, 1.807) is 7.11 Å². The third-order valence-electron chi connectivity index (χ3n) is 7.11.